The molecular weight excluding hydrogens is 488 g/mol. The highest BCUT2D eigenvalue weighted by atomic mass is 16.4. The van der Waals surface area contributed by atoms with Gasteiger partial charge in [0.05, 0.1) is 6.04 Å². The lowest BCUT2D eigenvalue weighted by atomic mass is 10.0. The Labute approximate surface area is 221 Å². The number of benzene rings is 1. The molecule has 4 rings (SSSR count). The second-order valence-electron chi connectivity index (χ2n) is 10.1. The number of unbranched alkanes of at least 4 members (excludes halogenated alkanes) is 1. The predicted molar refractivity (Wildman–Crippen MR) is 142 cm³/mol. The number of carbonyl (C=O) groups excluding carboxylic acids is 3. The Morgan fingerprint density at radius 1 is 1.08 bits per heavy atom. The molecule has 7 N–H and O–H groups in total. The molecule has 1 aromatic carbocycles. The molecule has 0 saturated carbocycles. The molecule has 2 saturated heterocycles. The minimum atomic E-state index is -1.05. The van der Waals surface area contributed by atoms with Gasteiger partial charge in [-0.25, -0.2) is 4.79 Å². The predicted octanol–water partition coefficient (Wildman–Crippen LogP) is 0.637. The van der Waals surface area contributed by atoms with Gasteiger partial charge in [0.15, 0.2) is 0 Å². The number of hydrogen-bond acceptors (Lipinski definition) is 6. The first-order valence-electron chi connectivity index (χ1n) is 13.5. The number of nitrogens with zero attached hydrogens (tertiary/aromatic N) is 1. The first-order chi connectivity index (χ1) is 18.4. The largest absolute Gasteiger partial charge is 0.480 e. The van der Waals surface area contributed by atoms with E-state index in [1.807, 2.05) is 30.5 Å². The second kappa shape index (κ2) is 12.9. The number of nitrogens with one attached hydrogen (secondary N) is 4. The van der Waals surface area contributed by atoms with Gasteiger partial charge in [-0.2, -0.15) is 0 Å². The van der Waals surface area contributed by atoms with Gasteiger partial charge in [-0.3, -0.25) is 14.4 Å². The molecule has 38 heavy (non-hydrogen) atoms. The number of fused-ring (bicyclic) bond motifs is 1. The van der Waals surface area contributed by atoms with Crippen LogP contribution < -0.4 is 21.7 Å². The van der Waals surface area contributed by atoms with Gasteiger partial charge in [0.1, 0.15) is 18.1 Å². The van der Waals surface area contributed by atoms with Gasteiger partial charge in [0.2, 0.25) is 17.7 Å². The molecule has 0 spiro atoms. The fraction of sp³-hybridized carbons (Fsp3) is 0.556. The van der Waals surface area contributed by atoms with Crippen LogP contribution in [0.15, 0.2) is 30.5 Å². The number of carboxylic acid groups (broad SMARTS) is 1. The maximum absolute atomic E-state index is 13.7. The molecule has 11 heteroatoms. The summed E-state index contributed by atoms with van der Waals surface area (Å²) in [6.07, 6.45) is 6.28. The molecule has 11 nitrogen and oxygen atoms in total. The van der Waals surface area contributed by atoms with E-state index in [0.29, 0.717) is 51.6 Å². The second-order valence-corrected chi connectivity index (χ2v) is 10.1. The lowest BCUT2D eigenvalue weighted by Crippen LogP contribution is -2.57. The summed E-state index contributed by atoms with van der Waals surface area (Å²) >= 11 is 0. The average Bonchev–Trinajstić information content (AvgIpc) is 3.68. The van der Waals surface area contributed by atoms with Crippen molar-refractivity contribution in [2.75, 3.05) is 19.6 Å². The van der Waals surface area contributed by atoms with E-state index in [0.717, 1.165) is 29.4 Å². The van der Waals surface area contributed by atoms with Crippen LogP contribution in [0.25, 0.3) is 10.9 Å². The highest BCUT2D eigenvalue weighted by molar-refractivity contribution is 5.95. The number of carboxylic acids is 1. The Kier molecular flexibility index (Phi) is 9.35. The summed E-state index contributed by atoms with van der Waals surface area (Å²) in [5.74, 6) is -2.18. The third-order valence-electron chi connectivity index (χ3n) is 7.49. The van der Waals surface area contributed by atoms with Crippen molar-refractivity contribution in [1.82, 2.24) is 25.8 Å². The number of likely N-dealkylation sites (tertiary alicyclic amines) is 1. The van der Waals surface area contributed by atoms with Crippen molar-refractivity contribution in [3.63, 3.8) is 0 Å². The van der Waals surface area contributed by atoms with Gasteiger partial charge in [0, 0.05) is 30.1 Å². The summed E-state index contributed by atoms with van der Waals surface area (Å²) < 4.78 is 0. The lowest BCUT2D eigenvalue weighted by molar-refractivity contribution is -0.149. The van der Waals surface area contributed by atoms with Crippen molar-refractivity contribution in [3.8, 4) is 0 Å². The van der Waals surface area contributed by atoms with Crippen LogP contribution in [0.4, 0.5) is 0 Å². The summed E-state index contributed by atoms with van der Waals surface area (Å²) in [5, 5.41) is 19.5. The molecule has 2 aromatic rings. The standard InChI is InChI=1S/C27H38N6O5/c28-12-4-3-9-21(31-24(34)20-10-5-13-29-20)25(35)32-22(26(36)33-14-6-11-23(33)27(37)38)15-17-16-30-19-8-2-1-7-18(17)19/h1-2,7-8,16,20-23,29-30H,3-6,9-15,28H2,(H,31,34)(H,32,35)(H,37,38). The number of rotatable bonds is 12. The number of amides is 3. The van der Waals surface area contributed by atoms with E-state index in [4.69, 9.17) is 5.73 Å². The number of hydrogen-bond donors (Lipinski definition) is 6. The quantitative estimate of drug-likeness (QED) is 0.220. The topological polar surface area (TPSA) is 170 Å². The van der Waals surface area contributed by atoms with E-state index in [1.54, 1.807) is 0 Å². The number of nitrogens with two attached hydrogens (primary N) is 1. The maximum Gasteiger partial charge on any atom is 0.326 e. The number of aliphatic carboxylic acids is 1. The first-order valence-corrected chi connectivity index (χ1v) is 13.5. The highest BCUT2D eigenvalue weighted by Crippen LogP contribution is 2.23. The Hall–Kier alpha value is -3.44. The van der Waals surface area contributed by atoms with Crippen LogP contribution >= 0.6 is 0 Å². The third-order valence-corrected chi connectivity index (χ3v) is 7.49. The normalized spacial score (nSPS) is 20.8. The van der Waals surface area contributed by atoms with Gasteiger partial charge < -0.3 is 36.7 Å². The van der Waals surface area contributed by atoms with Crippen molar-refractivity contribution in [2.24, 2.45) is 5.73 Å². The molecule has 2 aliphatic rings. The molecule has 3 amide bonds. The van der Waals surface area contributed by atoms with Crippen LogP contribution in [0.2, 0.25) is 0 Å². The molecule has 2 aliphatic heterocycles. The van der Waals surface area contributed by atoms with E-state index in [9.17, 15) is 24.3 Å². The summed E-state index contributed by atoms with van der Waals surface area (Å²) in [6.45, 7) is 1.55. The fourth-order valence-electron chi connectivity index (χ4n) is 5.42. The molecule has 206 valence electrons. The number of para-hydroxylation sites is 1. The van der Waals surface area contributed by atoms with Crippen LogP contribution in [0, 0.1) is 0 Å². The highest BCUT2D eigenvalue weighted by Gasteiger charge is 2.38. The zero-order chi connectivity index (χ0) is 27.1. The Bertz CT molecular complexity index is 1140. The Balaban J connectivity index is 1.56. The van der Waals surface area contributed by atoms with Crippen LogP contribution in [-0.2, 0) is 25.6 Å². The molecule has 0 aliphatic carbocycles. The smallest absolute Gasteiger partial charge is 0.326 e. The number of aromatic nitrogens is 1. The minimum Gasteiger partial charge on any atom is -0.480 e. The zero-order valence-electron chi connectivity index (χ0n) is 21.6. The van der Waals surface area contributed by atoms with Gasteiger partial charge in [-0.1, -0.05) is 18.2 Å². The van der Waals surface area contributed by atoms with E-state index < -0.39 is 35.9 Å². The number of carbonyl (C=O) groups is 4. The molecule has 2 fully saturated rings. The molecular formula is C27H38N6O5. The van der Waals surface area contributed by atoms with Crippen molar-refractivity contribution in [1.29, 1.82) is 0 Å². The van der Waals surface area contributed by atoms with Gasteiger partial charge in [-0.05, 0) is 69.7 Å². The molecule has 0 radical (unpaired) electrons. The summed E-state index contributed by atoms with van der Waals surface area (Å²) in [4.78, 5) is 56.4. The average molecular weight is 527 g/mol. The van der Waals surface area contributed by atoms with Crippen LogP contribution in [0.3, 0.4) is 0 Å². The zero-order valence-corrected chi connectivity index (χ0v) is 21.6. The monoisotopic (exact) mass is 526 g/mol. The maximum atomic E-state index is 13.7. The molecule has 4 atom stereocenters. The fourth-order valence-corrected chi connectivity index (χ4v) is 5.42. The van der Waals surface area contributed by atoms with Crippen molar-refractivity contribution in [2.45, 2.75) is 75.5 Å². The van der Waals surface area contributed by atoms with E-state index in [2.05, 4.69) is 20.9 Å². The van der Waals surface area contributed by atoms with Gasteiger partial charge >= 0.3 is 5.97 Å². The molecule has 0 bridgehead atoms. The van der Waals surface area contributed by atoms with E-state index in [1.165, 1.54) is 4.90 Å². The first kappa shape index (κ1) is 27.6. The SMILES string of the molecule is NCCCCC(NC(=O)C1CCCN1)C(=O)NC(Cc1c[nH]c2ccccc12)C(=O)N1CCCC1C(=O)O. The summed E-state index contributed by atoms with van der Waals surface area (Å²) in [7, 11) is 0. The van der Waals surface area contributed by atoms with Crippen LogP contribution in [-0.4, -0.2) is 82.5 Å². The molecule has 3 heterocycles. The Morgan fingerprint density at radius 3 is 2.63 bits per heavy atom. The van der Waals surface area contributed by atoms with Crippen LogP contribution in [0.1, 0.15) is 50.5 Å². The van der Waals surface area contributed by atoms with Crippen LogP contribution in [0.5, 0.6) is 0 Å². The van der Waals surface area contributed by atoms with Crippen molar-refractivity contribution < 1.29 is 24.3 Å². The third kappa shape index (κ3) is 6.51. The van der Waals surface area contributed by atoms with Crippen molar-refractivity contribution >= 4 is 34.6 Å². The number of H-pyrrole nitrogens is 1. The minimum absolute atomic E-state index is 0.186. The van der Waals surface area contributed by atoms with Crippen molar-refractivity contribution in [3.05, 3.63) is 36.0 Å². The summed E-state index contributed by atoms with van der Waals surface area (Å²) in [5.41, 5.74) is 7.38. The molecule has 4 unspecified atom stereocenters. The van der Waals surface area contributed by atoms with Gasteiger partial charge in [-0.15, -0.1) is 0 Å². The molecule has 1 aromatic heterocycles. The lowest BCUT2D eigenvalue weighted by Gasteiger charge is -2.29. The summed E-state index contributed by atoms with van der Waals surface area (Å²) in [6, 6.07) is 4.59. The van der Waals surface area contributed by atoms with E-state index >= 15 is 0 Å². The van der Waals surface area contributed by atoms with E-state index in [-0.39, 0.29) is 18.4 Å². The number of aromatic amines is 1. The Morgan fingerprint density at radius 2 is 1.89 bits per heavy atom. The van der Waals surface area contributed by atoms with Gasteiger partial charge in [0.25, 0.3) is 0 Å².